The lowest BCUT2D eigenvalue weighted by molar-refractivity contribution is 0.573. The van der Waals surface area contributed by atoms with Gasteiger partial charge in [0.15, 0.2) is 11.0 Å². The number of pyridine rings is 1. The molecular formula is C18H14ClN5OS. The second kappa shape index (κ2) is 7.31. The van der Waals surface area contributed by atoms with E-state index in [-0.39, 0.29) is 0 Å². The van der Waals surface area contributed by atoms with E-state index in [9.17, 15) is 0 Å². The van der Waals surface area contributed by atoms with Gasteiger partial charge in [0, 0.05) is 41.3 Å². The summed E-state index contributed by atoms with van der Waals surface area (Å²) >= 11 is 7.57. The van der Waals surface area contributed by atoms with Crippen LogP contribution in [0.4, 0.5) is 0 Å². The van der Waals surface area contributed by atoms with E-state index in [0.29, 0.717) is 16.7 Å². The van der Waals surface area contributed by atoms with Crippen LogP contribution in [0.3, 0.4) is 0 Å². The normalized spacial score (nSPS) is 11.0. The zero-order chi connectivity index (χ0) is 17.9. The summed E-state index contributed by atoms with van der Waals surface area (Å²) in [5.41, 5.74) is 2.66. The number of thioether (sulfide) groups is 1. The lowest BCUT2D eigenvalue weighted by Gasteiger charge is -2.02. The van der Waals surface area contributed by atoms with Crippen molar-refractivity contribution in [3.63, 3.8) is 0 Å². The van der Waals surface area contributed by atoms with Crippen LogP contribution in [-0.2, 0) is 12.8 Å². The predicted molar refractivity (Wildman–Crippen MR) is 101 cm³/mol. The first-order valence-corrected chi connectivity index (χ1v) is 9.20. The molecule has 3 heterocycles. The van der Waals surface area contributed by atoms with E-state index in [1.165, 1.54) is 0 Å². The van der Waals surface area contributed by atoms with Gasteiger partial charge in [0.1, 0.15) is 6.26 Å². The Morgan fingerprint density at radius 1 is 1.12 bits per heavy atom. The molecule has 0 radical (unpaired) electrons. The van der Waals surface area contributed by atoms with Gasteiger partial charge in [-0.1, -0.05) is 29.4 Å². The molecule has 0 aliphatic heterocycles. The summed E-state index contributed by atoms with van der Waals surface area (Å²) in [6.07, 6.45) is 5.14. The van der Waals surface area contributed by atoms with Crippen molar-refractivity contribution in [3.8, 4) is 22.8 Å². The Balaban J connectivity index is 1.48. The largest absolute Gasteiger partial charge is 0.444 e. The maximum atomic E-state index is 6.02. The Morgan fingerprint density at radius 2 is 1.96 bits per heavy atom. The summed E-state index contributed by atoms with van der Waals surface area (Å²) in [4.78, 5) is 8.55. The maximum Gasteiger partial charge on any atom is 0.226 e. The number of nitrogens with zero attached hydrogens (tertiary/aromatic N) is 5. The molecule has 4 rings (SSSR count). The van der Waals surface area contributed by atoms with Crippen molar-refractivity contribution >= 4 is 23.4 Å². The Labute approximate surface area is 159 Å². The molecule has 0 aliphatic rings. The van der Waals surface area contributed by atoms with Gasteiger partial charge in [-0.25, -0.2) is 4.98 Å². The van der Waals surface area contributed by atoms with Gasteiger partial charge < -0.3 is 8.98 Å². The van der Waals surface area contributed by atoms with Crippen LogP contribution in [-0.4, -0.2) is 24.7 Å². The zero-order valence-corrected chi connectivity index (χ0v) is 15.4. The molecule has 0 N–H and O–H groups in total. The molecule has 0 bridgehead atoms. The third-order valence-corrected chi connectivity index (χ3v) is 5.03. The molecule has 4 aromatic rings. The molecule has 3 aromatic heterocycles. The van der Waals surface area contributed by atoms with Crippen molar-refractivity contribution in [3.05, 3.63) is 65.8 Å². The molecule has 1 aromatic carbocycles. The van der Waals surface area contributed by atoms with Gasteiger partial charge in [-0.15, -0.1) is 10.2 Å². The molecular weight excluding hydrogens is 370 g/mol. The fraction of sp³-hybridized carbons (Fsp3) is 0.111. The van der Waals surface area contributed by atoms with E-state index in [1.54, 1.807) is 30.4 Å². The number of benzene rings is 1. The fourth-order valence-corrected chi connectivity index (χ4v) is 3.44. The maximum absolute atomic E-state index is 6.02. The lowest BCUT2D eigenvalue weighted by atomic mass is 10.2. The smallest absolute Gasteiger partial charge is 0.226 e. The first kappa shape index (κ1) is 16.8. The van der Waals surface area contributed by atoms with Crippen LogP contribution in [0.15, 0.2) is 64.6 Å². The molecule has 0 spiro atoms. The van der Waals surface area contributed by atoms with Crippen molar-refractivity contribution in [2.24, 2.45) is 7.05 Å². The van der Waals surface area contributed by atoms with Crippen LogP contribution in [0.5, 0.6) is 0 Å². The summed E-state index contributed by atoms with van der Waals surface area (Å²) in [6, 6.07) is 11.3. The molecule has 0 fully saturated rings. The van der Waals surface area contributed by atoms with Crippen molar-refractivity contribution in [1.82, 2.24) is 24.7 Å². The van der Waals surface area contributed by atoms with Crippen LogP contribution < -0.4 is 0 Å². The lowest BCUT2D eigenvalue weighted by Crippen LogP contribution is -1.95. The highest BCUT2D eigenvalue weighted by atomic mass is 35.5. The third kappa shape index (κ3) is 3.49. The monoisotopic (exact) mass is 383 g/mol. The van der Waals surface area contributed by atoms with Crippen LogP contribution in [0.2, 0.25) is 5.02 Å². The minimum atomic E-state index is 0.554. The molecule has 0 saturated carbocycles. The number of hydrogen-bond acceptors (Lipinski definition) is 6. The minimum Gasteiger partial charge on any atom is -0.444 e. The van der Waals surface area contributed by atoms with Crippen LogP contribution in [0, 0.1) is 0 Å². The number of rotatable bonds is 5. The first-order chi connectivity index (χ1) is 12.7. The van der Waals surface area contributed by atoms with E-state index in [1.807, 2.05) is 48.0 Å². The highest BCUT2D eigenvalue weighted by Gasteiger charge is 2.13. The van der Waals surface area contributed by atoms with Gasteiger partial charge in [-0.2, -0.15) is 0 Å². The van der Waals surface area contributed by atoms with Gasteiger partial charge in [0.05, 0.1) is 5.69 Å². The molecule has 0 amide bonds. The molecule has 0 unspecified atom stereocenters. The second-order valence-electron chi connectivity index (χ2n) is 5.54. The molecule has 6 nitrogen and oxygen atoms in total. The molecule has 26 heavy (non-hydrogen) atoms. The summed E-state index contributed by atoms with van der Waals surface area (Å²) < 4.78 is 7.52. The summed E-state index contributed by atoms with van der Waals surface area (Å²) in [5.74, 6) is 1.99. The van der Waals surface area contributed by atoms with Crippen molar-refractivity contribution in [1.29, 1.82) is 0 Å². The highest BCUT2D eigenvalue weighted by Crippen LogP contribution is 2.27. The average molecular weight is 384 g/mol. The number of aromatic nitrogens is 5. The Morgan fingerprint density at radius 3 is 2.77 bits per heavy atom. The molecule has 0 atom stereocenters. The van der Waals surface area contributed by atoms with E-state index < -0.39 is 0 Å². The SMILES string of the molecule is Cn1c(SCc2coc(-c3cccc(Cl)c3)n2)nnc1-c1ccncc1. The number of oxazole rings is 1. The van der Waals surface area contributed by atoms with Gasteiger partial charge in [0.25, 0.3) is 0 Å². The minimum absolute atomic E-state index is 0.554. The Kier molecular flexibility index (Phi) is 4.73. The highest BCUT2D eigenvalue weighted by molar-refractivity contribution is 7.98. The molecule has 8 heteroatoms. The Bertz CT molecular complexity index is 1030. The van der Waals surface area contributed by atoms with Crippen LogP contribution in [0.1, 0.15) is 5.69 Å². The fourth-order valence-electron chi connectivity index (χ4n) is 2.46. The van der Waals surface area contributed by atoms with Gasteiger partial charge in [-0.3, -0.25) is 4.98 Å². The summed E-state index contributed by atoms with van der Waals surface area (Å²) in [7, 11) is 1.94. The number of halogens is 1. The third-order valence-electron chi connectivity index (χ3n) is 3.75. The Hall–Kier alpha value is -2.64. The second-order valence-corrected chi connectivity index (χ2v) is 6.92. The average Bonchev–Trinajstić information content (AvgIpc) is 3.28. The van der Waals surface area contributed by atoms with E-state index in [0.717, 1.165) is 27.8 Å². The van der Waals surface area contributed by atoms with E-state index in [2.05, 4.69) is 20.2 Å². The van der Waals surface area contributed by atoms with Gasteiger partial charge in [-0.05, 0) is 30.3 Å². The molecule has 130 valence electrons. The summed E-state index contributed by atoms with van der Waals surface area (Å²) in [6.45, 7) is 0. The summed E-state index contributed by atoms with van der Waals surface area (Å²) in [5, 5.41) is 9.99. The molecule has 0 saturated heterocycles. The zero-order valence-electron chi connectivity index (χ0n) is 13.8. The van der Waals surface area contributed by atoms with Crippen molar-refractivity contribution in [2.45, 2.75) is 10.9 Å². The quantitative estimate of drug-likeness (QED) is 0.473. The topological polar surface area (TPSA) is 69.6 Å². The van der Waals surface area contributed by atoms with Gasteiger partial charge >= 0.3 is 0 Å². The van der Waals surface area contributed by atoms with Gasteiger partial charge in [0.2, 0.25) is 5.89 Å². The van der Waals surface area contributed by atoms with Crippen LogP contribution in [0.25, 0.3) is 22.8 Å². The first-order valence-electron chi connectivity index (χ1n) is 7.83. The standard InChI is InChI=1S/C18H14ClN5OS/c1-24-16(12-5-7-20-8-6-12)22-23-18(24)26-11-15-10-25-17(21-15)13-3-2-4-14(19)9-13/h2-10H,11H2,1H3. The van der Waals surface area contributed by atoms with E-state index >= 15 is 0 Å². The van der Waals surface area contributed by atoms with Crippen molar-refractivity contribution in [2.75, 3.05) is 0 Å². The number of hydrogen-bond donors (Lipinski definition) is 0. The predicted octanol–water partition coefficient (Wildman–Crippen LogP) is 4.48. The van der Waals surface area contributed by atoms with E-state index in [4.69, 9.17) is 16.0 Å². The molecule has 0 aliphatic carbocycles. The van der Waals surface area contributed by atoms with Crippen LogP contribution >= 0.6 is 23.4 Å². The van der Waals surface area contributed by atoms with Crippen molar-refractivity contribution < 1.29 is 4.42 Å².